The molecule has 1 saturated carbocycles. The maximum atomic E-state index is 12.2. The normalized spacial score (nSPS) is 27.0. The van der Waals surface area contributed by atoms with Crippen LogP contribution in [0.15, 0.2) is 29.2 Å². The average molecular weight is 286 g/mol. The third-order valence-corrected chi connectivity index (χ3v) is 5.13. The Balaban J connectivity index is 2.24. The van der Waals surface area contributed by atoms with E-state index < -0.39 is 22.3 Å². The van der Waals surface area contributed by atoms with Crippen LogP contribution in [-0.4, -0.2) is 37.4 Å². The van der Waals surface area contributed by atoms with Gasteiger partial charge in [0.15, 0.2) is 0 Å². The molecule has 1 aliphatic rings. The topological polar surface area (TPSA) is 83.8 Å². The van der Waals surface area contributed by atoms with Gasteiger partial charge in [-0.3, -0.25) is 4.18 Å². The summed E-state index contributed by atoms with van der Waals surface area (Å²) in [5.41, 5.74) is -0.217. The summed E-state index contributed by atoms with van der Waals surface area (Å²) in [5, 5.41) is 18.6. The Labute approximate surface area is 113 Å². The summed E-state index contributed by atoms with van der Waals surface area (Å²) in [7, 11) is -3.92. The standard InChI is InChI=1S/C13H18O5S/c1-10-2-4-12(5-3-10)19(16,17)18-13(9-15)7-6-11(13)8-14/h2-5,11,14-15H,6-9H2,1H3. The van der Waals surface area contributed by atoms with E-state index in [1.807, 2.05) is 6.92 Å². The zero-order valence-electron chi connectivity index (χ0n) is 10.7. The number of aryl methyl sites for hydroxylation is 1. The second-order valence-electron chi connectivity index (χ2n) is 4.99. The molecule has 1 aromatic rings. The second kappa shape index (κ2) is 5.20. The molecule has 2 atom stereocenters. The Kier molecular flexibility index (Phi) is 3.96. The molecule has 19 heavy (non-hydrogen) atoms. The molecule has 0 radical (unpaired) electrons. The fraction of sp³-hybridized carbons (Fsp3) is 0.538. The van der Waals surface area contributed by atoms with Crippen LogP contribution in [0.5, 0.6) is 0 Å². The smallest absolute Gasteiger partial charge is 0.297 e. The predicted octanol–water partition coefficient (Wildman–Crippen LogP) is 0.834. The first-order valence-corrected chi connectivity index (χ1v) is 7.58. The fourth-order valence-corrected chi connectivity index (χ4v) is 3.52. The number of hydrogen-bond donors (Lipinski definition) is 2. The molecule has 2 N–H and O–H groups in total. The van der Waals surface area contributed by atoms with E-state index in [0.29, 0.717) is 12.8 Å². The van der Waals surface area contributed by atoms with E-state index >= 15 is 0 Å². The zero-order chi connectivity index (χ0) is 14.1. The van der Waals surface area contributed by atoms with Gasteiger partial charge in [0, 0.05) is 12.5 Å². The van der Waals surface area contributed by atoms with Gasteiger partial charge in [0.1, 0.15) is 5.60 Å². The highest BCUT2D eigenvalue weighted by Crippen LogP contribution is 2.43. The zero-order valence-corrected chi connectivity index (χ0v) is 11.6. The number of rotatable bonds is 5. The first-order chi connectivity index (χ1) is 8.93. The molecule has 1 aromatic carbocycles. The van der Waals surface area contributed by atoms with Crippen molar-refractivity contribution in [2.24, 2.45) is 5.92 Å². The quantitative estimate of drug-likeness (QED) is 0.783. The third-order valence-electron chi connectivity index (χ3n) is 3.73. The van der Waals surface area contributed by atoms with Crippen molar-refractivity contribution in [2.45, 2.75) is 30.3 Å². The van der Waals surface area contributed by atoms with Gasteiger partial charge in [-0.2, -0.15) is 8.42 Å². The summed E-state index contributed by atoms with van der Waals surface area (Å²) in [4.78, 5) is 0.0644. The van der Waals surface area contributed by atoms with Crippen molar-refractivity contribution < 1.29 is 22.8 Å². The summed E-state index contributed by atoms with van der Waals surface area (Å²) < 4.78 is 29.5. The maximum Gasteiger partial charge on any atom is 0.297 e. The van der Waals surface area contributed by atoms with Crippen LogP contribution < -0.4 is 0 Å². The van der Waals surface area contributed by atoms with Crippen LogP contribution >= 0.6 is 0 Å². The van der Waals surface area contributed by atoms with Crippen molar-refractivity contribution in [1.29, 1.82) is 0 Å². The van der Waals surface area contributed by atoms with Crippen LogP contribution in [0.1, 0.15) is 18.4 Å². The SMILES string of the molecule is Cc1ccc(S(=O)(=O)OC2(CO)CCC2CO)cc1. The van der Waals surface area contributed by atoms with Crippen LogP contribution in [-0.2, 0) is 14.3 Å². The molecule has 5 nitrogen and oxygen atoms in total. The van der Waals surface area contributed by atoms with E-state index in [4.69, 9.17) is 4.18 Å². The monoisotopic (exact) mass is 286 g/mol. The molecule has 0 aliphatic heterocycles. The lowest BCUT2D eigenvalue weighted by molar-refractivity contribution is -0.116. The maximum absolute atomic E-state index is 12.2. The third kappa shape index (κ3) is 2.67. The van der Waals surface area contributed by atoms with Gasteiger partial charge in [0.05, 0.1) is 11.5 Å². The minimum absolute atomic E-state index is 0.0644. The Morgan fingerprint density at radius 3 is 2.37 bits per heavy atom. The summed E-state index contributed by atoms with van der Waals surface area (Å²) in [5.74, 6) is -0.335. The molecular weight excluding hydrogens is 268 g/mol. The summed E-state index contributed by atoms with van der Waals surface area (Å²) >= 11 is 0. The van der Waals surface area contributed by atoms with E-state index in [-0.39, 0.29) is 17.4 Å². The Morgan fingerprint density at radius 2 is 1.95 bits per heavy atom. The van der Waals surface area contributed by atoms with E-state index in [2.05, 4.69) is 0 Å². The molecule has 1 aliphatic carbocycles. The Morgan fingerprint density at radius 1 is 1.32 bits per heavy atom. The van der Waals surface area contributed by atoms with E-state index in [9.17, 15) is 18.6 Å². The second-order valence-corrected chi connectivity index (χ2v) is 6.54. The number of aliphatic hydroxyl groups is 2. The van der Waals surface area contributed by atoms with Crippen molar-refractivity contribution in [3.05, 3.63) is 29.8 Å². The van der Waals surface area contributed by atoms with E-state index in [0.717, 1.165) is 5.56 Å². The molecule has 0 aromatic heterocycles. The molecule has 2 unspecified atom stereocenters. The van der Waals surface area contributed by atoms with Gasteiger partial charge < -0.3 is 10.2 Å². The van der Waals surface area contributed by atoms with Crippen molar-refractivity contribution in [3.63, 3.8) is 0 Å². The molecule has 0 spiro atoms. The largest absolute Gasteiger partial charge is 0.396 e. The lowest BCUT2D eigenvalue weighted by atomic mass is 9.70. The molecule has 6 heteroatoms. The fourth-order valence-electron chi connectivity index (χ4n) is 2.24. The van der Waals surface area contributed by atoms with Gasteiger partial charge >= 0.3 is 0 Å². The van der Waals surface area contributed by atoms with Crippen molar-refractivity contribution >= 4 is 10.1 Å². The summed E-state index contributed by atoms with van der Waals surface area (Å²) in [6.07, 6.45) is 1.08. The molecule has 0 amide bonds. The van der Waals surface area contributed by atoms with Crippen LogP contribution in [0.2, 0.25) is 0 Å². The summed E-state index contributed by atoms with van der Waals surface area (Å²) in [6.45, 7) is 1.26. The highest BCUT2D eigenvalue weighted by Gasteiger charge is 2.50. The van der Waals surface area contributed by atoms with Gasteiger partial charge in [-0.15, -0.1) is 0 Å². The van der Waals surface area contributed by atoms with Gasteiger partial charge in [-0.1, -0.05) is 17.7 Å². The van der Waals surface area contributed by atoms with Gasteiger partial charge in [0.2, 0.25) is 0 Å². The average Bonchev–Trinajstić information content (AvgIpc) is 2.36. The van der Waals surface area contributed by atoms with Crippen molar-refractivity contribution in [1.82, 2.24) is 0 Å². The summed E-state index contributed by atoms with van der Waals surface area (Å²) in [6, 6.07) is 6.32. The molecule has 1 fully saturated rings. The highest BCUT2D eigenvalue weighted by atomic mass is 32.2. The van der Waals surface area contributed by atoms with Crippen molar-refractivity contribution in [2.75, 3.05) is 13.2 Å². The Bertz CT molecular complexity index is 531. The first-order valence-electron chi connectivity index (χ1n) is 6.17. The van der Waals surface area contributed by atoms with Crippen molar-refractivity contribution in [3.8, 4) is 0 Å². The highest BCUT2D eigenvalue weighted by molar-refractivity contribution is 7.86. The molecule has 0 heterocycles. The van der Waals surface area contributed by atoms with Gasteiger partial charge in [-0.25, -0.2) is 0 Å². The lowest BCUT2D eigenvalue weighted by Gasteiger charge is -2.46. The van der Waals surface area contributed by atoms with Crippen LogP contribution in [0.3, 0.4) is 0 Å². The predicted molar refractivity (Wildman–Crippen MR) is 69.1 cm³/mol. The number of benzene rings is 1. The molecule has 2 rings (SSSR count). The first kappa shape index (κ1) is 14.5. The molecule has 0 saturated heterocycles. The minimum Gasteiger partial charge on any atom is -0.396 e. The Hall–Kier alpha value is -0.950. The number of aliphatic hydroxyl groups excluding tert-OH is 2. The molecule has 106 valence electrons. The van der Waals surface area contributed by atoms with Crippen LogP contribution in [0.4, 0.5) is 0 Å². The lowest BCUT2D eigenvalue weighted by Crippen LogP contribution is -2.54. The number of hydrogen-bond acceptors (Lipinski definition) is 5. The van der Waals surface area contributed by atoms with E-state index in [1.54, 1.807) is 12.1 Å². The van der Waals surface area contributed by atoms with Gasteiger partial charge in [-0.05, 0) is 31.9 Å². The molecular formula is C13H18O5S. The van der Waals surface area contributed by atoms with Crippen LogP contribution in [0.25, 0.3) is 0 Å². The van der Waals surface area contributed by atoms with Crippen LogP contribution in [0, 0.1) is 12.8 Å². The minimum atomic E-state index is -3.92. The van der Waals surface area contributed by atoms with Gasteiger partial charge in [0.25, 0.3) is 10.1 Å². The van der Waals surface area contributed by atoms with E-state index in [1.165, 1.54) is 12.1 Å². The molecule has 0 bridgehead atoms.